The van der Waals surface area contributed by atoms with Crippen molar-refractivity contribution in [2.24, 2.45) is 5.41 Å². The van der Waals surface area contributed by atoms with Gasteiger partial charge in [-0.15, -0.1) is 0 Å². The van der Waals surface area contributed by atoms with Crippen molar-refractivity contribution in [1.29, 1.82) is 10.5 Å². The van der Waals surface area contributed by atoms with Gasteiger partial charge in [-0.3, -0.25) is 4.79 Å². The minimum Gasteiger partial charge on any atom is -0.351 e. The molecule has 4 aromatic carbocycles. The van der Waals surface area contributed by atoms with Gasteiger partial charge in [0.05, 0.1) is 18.2 Å². The van der Waals surface area contributed by atoms with Crippen molar-refractivity contribution in [2.45, 2.75) is 18.0 Å². The van der Waals surface area contributed by atoms with E-state index in [2.05, 4.69) is 12.1 Å². The standard InChI is InChI=1S/C31H21N3O/c32-19-31(20-33)27-18-17-22-10-5-7-16-26(22)34(27)29(30(35)23-11-2-1-3-12-23)28(31)25-15-8-13-21-9-4-6-14-24(21)25/h1-18,27-29H/t27-,28-,29-/m1/s1. The third-order valence-electron chi connectivity index (χ3n) is 7.40. The molecule has 0 N–H and O–H groups in total. The minimum atomic E-state index is -1.46. The SMILES string of the molecule is N#CC1(C#N)[C@H](c2cccc3ccccc23)[C@H](C(=O)c2ccccc2)N2c3ccccc3C=C[C@@H]21. The molecule has 1 fully saturated rings. The summed E-state index contributed by atoms with van der Waals surface area (Å²) in [5.74, 6) is -0.747. The van der Waals surface area contributed by atoms with Gasteiger partial charge in [-0.2, -0.15) is 10.5 Å². The van der Waals surface area contributed by atoms with E-state index in [9.17, 15) is 15.3 Å². The highest BCUT2D eigenvalue weighted by Gasteiger charge is 2.63. The number of rotatable bonds is 3. The number of ketones is 1. The quantitative estimate of drug-likeness (QED) is 0.352. The van der Waals surface area contributed by atoms with Crippen LogP contribution >= 0.6 is 0 Å². The molecular weight excluding hydrogens is 430 g/mol. The fourth-order valence-corrected chi connectivity index (χ4v) is 5.87. The molecule has 2 aliphatic rings. The number of carbonyl (C=O) groups excluding carboxylic acids is 1. The molecule has 0 radical (unpaired) electrons. The van der Waals surface area contributed by atoms with Gasteiger partial charge in [0, 0.05) is 17.2 Å². The Kier molecular flexibility index (Phi) is 4.76. The second kappa shape index (κ2) is 7.97. The van der Waals surface area contributed by atoms with Crippen LogP contribution in [0.3, 0.4) is 0 Å². The van der Waals surface area contributed by atoms with E-state index >= 15 is 0 Å². The van der Waals surface area contributed by atoms with Gasteiger partial charge < -0.3 is 4.90 Å². The van der Waals surface area contributed by atoms with Crippen molar-refractivity contribution in [2.75, 3.05) is 4.90 Å². The monoisotopic (exact) mass is 451 g/mol. The minimum absolute atomic E-state index is 0.0917. The second-order valence-corrected chi connectivity index (χ2v) is 9.08. The number of nitriles is 2. The Bertz CT molecular complexity index is 1560. The highest BCUT2D eigenvalue weighted by Crippen LogP contribution is 2.56. The number of para-hydroxylation sites is 1. The van der Waals surface area contributed by atoms with Gasteiger partial charge >= 0.3 is 0 Å². The lowest BCUT2D eigenvalue weighted by Gasteiger charge is -2.35. The van der Waals surface area contributed by atoms with Crippen molar-refractivity contribution in [3.8, 4) is 12.1 Å². The average Bonchev–Trinajstić information content (AvgIpc) is 3.23. The molecule has 4 aromatic rings. The van der Waals surface area contributed by atoms with Crippen LogP contribution in [0.4, 0.5) is 5.69 Å². The van der Waals surface area contributed by atoms with Crippen LogP contribution in [0.5, 0.6) is 0 Å². The van der Waals surface area contributed by atoms with Gasteiger partial charge in [0.1, 0.15) is 6.04 Å². The van der Waals surface area contributed by atoms with E-state index in [1.165, 1.54) is 0 Å². The van der Waals surface area contributed by atoms with Crippen LogP contribution < -0.4 is 4.90 Å². The van der Waals surface area contributed by atoms with Crippen LogP contribution in [0, 0.1) is 28.1 Å². The van der Waals surface area contributed by atoms with Crippen LogP contribution in [-0.2, 0) is 0 Å². The zero-order valence-corrected chi connectivity index (χ0v) is 18.9. The Morgan fingerprint density at radius 3 is 2.29 bits per heavy atom. The van der Waals surface area contributed by atoms with Gasteiger partial charge in [-0.25, -0.2) is 0 Å². The number of Topliss-reactive ketones (excluding diaryl/α,β-unsaturated/α-hetero) is 1. The Balaban J connectivity index is 1.68. The van der Waals surface area contributed by atoms with Gasteiger partial charge in [-0.05, 0) is 28.0 Å². The van der Waals surface area contributed by atoms with Gasteiger partial charge in [0.15, 0.2) is 11.2 Å². The number of carbonyl (C=O) groups is 1. The first-order chi connectivity index (χ1) is 17.2. The van der Waals surface area contributed by atoms with E-state index in [1.807, 2.05) is 114 Å². The van der Waals surface area contributed by atoms with Gasteiger partial charge in [0.25, 0.3) is 0 Å². The molecule has 35 heavy (non-hydrogen) atoms. The Morgan fingerprint density at radius 2 is 1.49 bits per heavy atom. The van der Waals surface area contributed by atoms with E-state index in [1.54, 1.807) is 0 Å². The summed E-state index contributed by atoms with van der Waals surface area (Å²) in [7, 11) is 0. The third-order valence-corrected chi connectivity index (χ3v) is 7.40. The van der Waals surface area contributed by atoms with Crippen LogP contribution in [0.2, 0.25) is 0 Å². The van der Waals surface area contributed by atoms with Gasteiger partial charge in [0.2, 0.25) is 0 Å². The molecular formula is C31H21N3O. The maximum absolute atomic E-state index is 14.3. The summed E-state index contributed by atoms with van der Waals surface area (Å²) >= 11 is 0. The fourth-order valence-electron chi connectivity index (χ4n) is 5.87. The van der Waals surface area contributed by atoms with Crippen molar-refractivity contribution < 1.29 is 4.79 Å². The lowest BCUT2D eigenvalue weighted by atomic mass is 9.68. The number of nitrogens with zero attached hydrogens (tertiary/aromatic N) is 3. The average molecular weight is 452 g/mol. The van der Waals surface area contributed by atoms with E-state index in [0.717, 1.165) is 27.6 Å². The number of anilines is 1. The van der Waals surface area contributed by atoms with Crippen molar-refractivity contribution >= 4 is 28.3 Å². The van der Waals surface area contributed by atoms with Crippen molar-refractivity contribution in [1.82, 2.24) is 0 Å². The first-order valence-electron chi connectivity index (χ1n) is 11.6. The molecule has 2 aliphatic heterocycles. The Hall–Kier alpha value is -4.67. The number of hydrogen-bond donors (Lipinski definition) is 0. The molecule has 1 saturated heterocycles. The summed E-state index contributed by atoms with van der Waals surface area (Å²) < 4.78 is 0. The molecule has 4 heteroatoms. The normalized spacial score (nSPS) is 21.5. The van der Waals surface area contributed by atoms with Gasteiger partial charge in [-0.1, -0.05) is 103 Å². The van der Waals surface area contributed by atoms with Crippen LogP contribution in [0.15, 0.2) is 103 Å². The highest BCUT2D eigenvalue weighted by atomic mass is 16.1. The Morgan fingerprint density at radius 1 is 0.800 bits per heavy atom. The number of hydrogen-bond acceptors (Lipinski definition) is 4. The largest absolute Gasteiger partial charge is 0.351 e. The molecule has 0 saturated carbocycles. The van der Waals surface area contributed by atoms with Crippen molar-refractivity contribution in [3.05, 3.63) is 120 Å². The summed E-state index contributed by atoms with van der Waals surface area (Å²) in [5, 5.41) is 23.2. The van der Waals surface area contributed by atoms with Crippen LogP contribution in [-0.4, -0.2) is 17.9 Å². The molecule has 6 rings (SSSR count). The maximum atomic E-state index is 14.3. The Labute approximate surface area is 204 Å². The molecule has 0 bridgehead atoms. The lowest BCUT2D eigenvalue weighted by molar-refractivity contribution is 0.0951. The molecule has 2 heterocycles. The third kappa shape index (κ3) is 2.94. The predicted octanol–water partition coefficient (Wildman–Crippen LogP) is 6.12. The maximum Gasteiger partial charge on any atom is 0.185 e. The first-order valence-corrected chi connectivity index (χ1v) is 11.6. The zero-order chi connectivity index (χ0) is 24.0. The second-order valence-electron chi connectivity index (χ2n) is 9.08. The summed E-state index contributed by atoms with van der Waals surface area (Å²) in [4.78, 5) is 16.3. The van der Waals surface area contributed by atoms with E-state index in [-0.39, 0.29) is 5.78 Å². The topological polar surface area (TPSA) is 67.9 Å². The lowest BCUT2D eigenvalue weighted by Crippen LogP contribution is -2.44. The molecule has 4 nitrogen and oxygen atoms in total. The molecule has 0 unspecified atom stereocenters. The van der Waals surface area contributed by atoms with Crippen LogP contribution in [0.1, 0.15) is 27.4 Å². The molecule has 3 atom stereocenters. The fraction of sp³-hybridized carbons (Fsp3) is 0.129. The van der Waals surface area contributed by atoms with Crippen molar-refractivity contribution in [3.63, 3.8) is 0 Å². The van der Waals surface area contributed by atoms with E-state index in [0.29, 0.717) is 5.56 Å². The van der Waals surface area contributed by atoms with Crippen LogP contribution in [0.25, 0.3) is 16.8 Å². The number of fused-ring (bicyclic) bond motifs is 4. The van der Waals surface area contributed by atoms with E-state index < -0.39 is 23.4 Å². The summed E-state index contributed by atoms with van der Waals surface area (Å²) in [5.41, 5.74) is 1.80. The summed E-state index contributed by atoms with van der Waals surface area (Å²) in [6.45, 7) is 0. The smallest absolute Gasteiger partial charge is 0.185 e. The first kappa shape index (κ1) is 20.9. The molecule has 0 aliphatic carbocycles. The predicted molar refractivity (Wildman–Crippen MR) is 137 cm³/mol. The molecule has 0 spiro atoms. The zero-order valence-electron chi connectivity index (χ0n) is 18.9. The van der Waals surface area contributed by atoms with E-state index in [4.69, 9.17) is 0 Å². The summed E-state index contributed by atoms with van der Waals surface area (Å²) in [6, 6.07) is 34.5. The summed E-state index contributed by atoms with van der Waals surface area (Å²) in [6.07, 6.45) is 3.89. The molecule has 0 aromatic heterocycles. The molecule has 166 valence electrons. The highest BCUT2D eigenvalue weighted by molar-refractivity contribution is 6.05. The molecule has 0 amide bonds. The number of benzene rings is 4.